The lowest BCUT2D eigenvalue weighted by molar-refractivity contribution is -0.384. The first kappa shape index (κ1) is 13.2. The molecule has 0 saturated carbocycles. The fraction of sp³-hybridized carbons (Fsp3) is 0.333. The molecule has 1 N–H and O–H groups in total. The van der Waals surface area contributed by atoms with Gasteiger partial charge < -0.3 is 10.1 Å². The Labute approximate surface area is 100 Å². The highest BCUT2D eigenvalue weighted by Gasteiger charge is 2.04. The van der Waals surface area contributed by atoms with Crippen molar-refractivity contribution >= 4 is 11.4 Å². The predicted octanol–water partition coefficient (Wildman–Crippen LogP) is 2.60. The molecular formula is C12H16N2O3. The van der Waals surface area contributed by atoms with Crippen LogP contribution < -0.4 is 5.32 Å². The lowest BCUT2D eigenvalue weighted by Crippen LogP contribution is -2.10. The van der Waals surface area contributed by atoms with Crippen LogP contribution >= 0.6 is 0 Å². The fourth-order valence-electron chi connectivity index (χ4n) is 1.24. The normalized spacial score (nSPS) is 9.94. The van der Waals surface area contributed by atoms with E-state index >= 15 is 0 Å². The molecule has 17 heavy (non-hydrogen) atoms. The van der Waals surface area contributed by atoms with Gasteiger partial charge in [0.2, 0.25) is 0 Å². The van der Waals surface area contributed by atoms with Crippen LogP contribution in [0.15, 0.2) is 36.4 Å². The van der Waals surface area contributed by atoms with E-state index in [1.807, 2.05) is 6.92 Å². The average Bonchev–Trinajstić information content (AvgIpc) is 2.28. The second-order valence-corrected chi connectivity index (χ2v) is 3.74. The minimum atomic E-state index is -0.414. The third-order valence-corrected chi connectivity index (χ3v) is 1.98. The van der Waals surface area contributed by atoms with Crippen molar-refractivity contribution in [1.82, 2.24) is 0 Å². The number of nitrogens with zero attached hydrogens (tertiary/aromatic N) is 1. The summed E-state index contributed by atoms with van der Waals surface area (Å²) < 4.78 is 5.30. The first-order chi connectivity index (χ1) is 8.09. The molecule has 1 aromatic carbocycles. The number of nitrogens with one attached hydrogen (secondary N) is 1. The third kappa shape index (κ3) is 5.12. The Morgan fingerprint density at radius 3 is 3.00 bits per heavy atom. The van der Waals surface area contributed by atoms with Crippen molar-refractivity contribution in [2.24, 2.45) is 0 Å². The van der Waals surface area contributed by atoms with Crippen LogP contribution in [0.1, 0.15) is 6.92 Å². The van der Waals surface area contributed by atoms with E-state index in [-0.39, 0.29) is 5.69 Å². The van der Waals surface area contributed by atoms with E-state index in [0.717, 1.165) is 11.3 Å². The Bertz CT molecular complexity index is 404. The molecule has 0 aliphatic rings. The molecule has 0 unspecified atom stereocenters. The summed E-state index contributed by atoms with van der Waals surface area (Å²) >= 11 is 0. The second-order valence-electron chi connectivity index (χ2n) is 3.74. The molecular weight excluding hydrogens is 220 g/mol. The highest BCUT2D eigenvalue weighted by molar-refractivity contribution is 5.50. The van der Waals surface area contributed by atoms with Gasteiger partial charge in [0, 0.05) is 24.4 Å². The minimum absolute atomic E-state index is 0.0813. The van der Waals surface area contributed by atoms with Crippen LogP contribution in [0.2, 0.25) is 0 Å². The first-order valence-corrected chi connectivity index (χ1v) is 5.30. The van der Waals surface area contributed by atoms with Gasteiger partial charge in [-0.3, -0.25) is 10.1 Å². The zero-order valence-electron chi connectivity index (χ0n) is 9.81. The molecule has 0 bridgehead atoms. The van der Waals surface area contributed by atoms with Gasteiger partial charge in [-0.05, 0) is 13.0 Å². The van der Waals surface area contributed by atoms with Gasteiger partial charge in [0.1, 0.15) is 0 Å². The number of non-ortho nitro benzene ring substituents is 1. The molecule has 0 spiro atoms. The number of ether oxygens (including phenoxy) is 1. The largest absolute Gasteiger partial charge is 0.383 e. The Kier molecular flexibility index (Phi) is 5.16. The molecule has 0 heterocycles. The van der Waals surface area contributed by atoms with E-state index in [9.17, 15) is 10.1 Å². The number of rotatable bonds is 7. The Hall–Kier alpha value is -1.88. The van der Waals surface area contributed by atoms with Crippen molar-refractivity contribution in [1.29, 1.82) is 0 Å². The number of benzene rings is 1. The molecule has 92 valence electrons. The standard InChI is InChI=1S/C12H16N2O3/c1-10(2)9-17-7-6-13-11-4-3-5-12(8-11)14(15)16/h3-5,8,13H,1,6-7,9H2,2H3. The zero-order valence-corrected chi connectivity index (χ0v) is 9.81. The van der Waals surface area contributed by atoms with Crippen LogP contribution in [0.3, 0.4) is 0 Å². The summed E-state index contributed by atoms with van der Waals surface area (Å²) in [4.78, 5) is 10.1. The summed E-state index contributed by atoms with van der Waals surface area (Å²) in [6.45, 7) is 7.30. The van der Waals surface area contributed by atoms with Crippen molar-refractivity contribution in [3.8, 4) is 0 Å². The Balaban J connectivity index is 2.34. The van der Waals surface area contributed by atoms with E-state index in [1.165, 1.54) is 12.1 Å². The van der Waals surface area contributed by atoms with Gasteiger partial charge in [-0.25, -0.2) is 0 Å². The lowest BCUT2D eigenvalue weighted by Gasteiger charge is -2.07. The molecule has 5 heteroatoms. The van der Waals surface area contributed by atoms with E-state index < -0.39 is 4.92 Å². The summed E-state index contributed by atoms with van der Waals surface area (Å²) in [6.07, 6.45) is 0. The summed E-state index contributed by atoms with van der Waals surface area (Å²) in [7, 11) is 0. The highest BCUT2D eigenvalue weighted by atomic mass is 16.6. The molecule has 0 aliphatic carbocycles. The van der Waals surface area contributed by atoms with E-state index in [1.54, 1.807) is 12.1 Å². The van der Waals surface area contributed by atoms with Crippen molar-refractivity contribution in [3.63, 3.8) is 0 Å². The highest BCUT2D eigenvalue weighted by Crippen LogP contribution is 2.16. The maximum atomic E-state index is 10.5. The van der Waals surface area contributed by atoms with Crippen LogP contribution in [-0.2, 0) is 4.74 Å². The SMILES string of the molecule is C=C(C)COCCNc1cccc([N+](=O)[O-])c1. The maximum absolute atomic E-state index is 10.5. The summed E-state index contributed by atoms with van der Waals surface area (Å²) in [5, 5.41) is 13.6. The molecule has 1 rings (SSSR count). The summed E-state index contributed by atoms with van der Waals surface area (Å²) in [5.41, 5.74) is 1.77. The number of nitro benzene ring substituents is 1. The van der Waals surface area contributed by atoms with Gasteiger partial charge in [0.25, 0.3) is 5.69 Å². The molecule has 0 atom stereocenters. The van der Waals surface area contributed by atoms with Gasteiger partial charge in [0.05, 0.1) is 18.1 Å². The first-order valence-electron chi connectivity index (χ1n) is 5.30. The van der Waals surface area contributed by atoms with Crippen molar-refractivity contribution < 1.29 is 9.66 Å². The molecule has 0 radical (unpaired) electrons. The fourth-order valence-corrected chi connectivity index (χ4v) is 1.24. The molecule has 0 amide bonds. The Morgan fingerprint density at radius 1 is 1.59 bits per heavy atom. The summed E-state index contributed by atoms with van der Waals surface area (Å²) in [6, 6.07) is 6.39. The second kappa shape index (κ2) is 6.65. The number of anilines is 1. The van der Waals surface area contributed by atoms with Crippen LogP contribution in [0.4, 0.5) is 11.4 Å². The quantitative estimate of drug-likeness (QED) is 0.342. The van der Waals surface area contributed by atoms with Gasteiger partial charge in [-0.15, -0.1) is 0 Å². The molecule has 1 aromatic rings. The number of nitro groups is 1. The number of hydrogen-bond donors (Lipinski definition) is 1. The van der Waals surface area contributed by atoms with Gasteiger partial charge in [-0.1, -0.05) is 18.2 Å². The zero-order chi connectivity index (χ0) is 12.7. The molecule has 0 aromatic heterocycles. The topological polar surface area (TPSA) is 64.4 Å². The van der Waals surface area contributed by atoms with Gasteiger partial charge in [-0.2, -0.15) is 0 Å². The van der Waals surface area contributed by atoms with Crippen LogP contribution in [0.5, 0.6) is 0 Å². The lowest BCUT2D eigenvalue weighted by atomic mass is 10.3. The smallest absolute Gasteiger partial charge is 0.271 e. The predicted molar refractivity (Wildman–Crippen MR) is 67.2 cm³/mol. The van der Waals surface area contributed by atoms with Crippen molar-refractivity contribution in [3.05, 3.63) is 46.5 Å². The van der Waals surface area contributed by atoms with E-state index in [4.69, 9.17) is 4.74 Å². The van der Waals surface area contributed by atoms with Crippen LogP contribution in [-0.4, -0.2) is 24.7 Å². The number of hydrogen-bond acceptors (Lipinski definition) is 4. The van der Waals surface area contributed by atoms with Crippen molar-refractivity contribution in [2.75, 3.05) is 25.1 Å². The monoisotopic (exact) mass is 236 g/mol. The summed E-state index contributed by atoms with van der Waals surface area (Å²) in [5.74, 6) is 0. The van der Waals surface area contributed by atoms with Crippen LogP contribution in [0, 0.1) is 10.1 Å². The van der Waals surface area contributed by atoms with E-state index in [2.05, 4.69) is 11.9 Å². The molecule has 0 saturated heterocycles. The molecule has 0 fully saturated rings. The van der Waals surface area contributed by atoms with Gasteiger partial charge in [0.15, 0.2) is 0 Å². The van der Waals surface area contributed by atoms with Crippen molar-refractivity contribution in [2.45, 2.75) is 6.92 Å². The van der Waals surface area contributed by atoms with E-state index in [0.29, 0.717) is 19.8 Å². The maximum Gasteiger partial charge on any atom is 0.271 e. The molecule has 5 nitrogen and oxygen atoms in total. The van der Waals surface area contributed by atoms with Gasteiger partial charge >= 0.3 is 0 Å². The van der Waals surface area contributed by atoms with Crippen LogP contribution in [0.25, 0.3) is 0 Å². The third-order valence-electron chi connectivity index (χ3n) is 1.98. The Morgan fingerprint density at radius 2 is 2.35 bits per heavy atom. The molecule has 0 aliphatic heterocycles. The minimum Gasteiger partial charge on any atom is -0.383 e. The average molecular weight is 236 g/mol.